The number of rotatable bonds is 8. The number of carbonyl (C=O) groups excluding carboxylic acids is 1. The Balaban J connectivity index is 2.02. The van der Waals surface area contributed by atoms with Gasteiger partial charge in [0.15, 0.2) is 0 Å². The van der Waals surface area contributed by atoms with Crippen molar-refractivity contribution in [2.45, 2.75) is 18.8 Å². The molecule has 0 fully saturated rings. The van der Waals surface area contributed by atoms with Crippen LogP contribution in [0, 0.1) is 11.6 Å². The molecule has 3 nitrogen and oxygen atoms in total. The lowest BCUT2D eigenvalue weighted by atomic mass is 9.87. The molecule has 0 spiro atoms. The van der Waals surface area contributed by atoms with Crippen LogP contribution < -0.4 is 5.32 Å². The maximum absolute atomic E-state index is 13.2. The minimum absolute atomic E-state index is 0.0473. The van der Waals surface area contributed by atoms with Gasteiger partial charge in [0.05, 0.1) is 13.7 Å². The summed E-state index contributed by atoms with van der Waals surface area (Å²) in [6, 6.07) is 12.7. The molecular weight excluding hydrogens is 312 g/mol. The molecule has 0 heterocycles. The summed E-state index contributed by atoms with van der Waals surface area (Å²) >= 11 is 0. The van der Waals surface area contributed by atoms with E-state index in [4.69, 9.17) is 0 Å². The zero-order chi connectivity index (χ0) is 17.4. The van der Waals surface area contributed by atoms with Crippen molar-refractivity contribution < 1.29 is 18.3 Å². The lowest BCUT2D eigenvalue weighted by Crippen LogP contribution is -2.25. The highest BCUT2D eigenvalue weighted by Gasteiger charge is 2.14. The molecule has 2 aromatic rings. The Kier molecular flexibility index (Phi) is 6.88. The fourth-order valence-corrected chi connectivity index (χ4v) is 2.61. The van der Waals surface area contributed by atoms with Gasteiger partial charge in [-0.05, 0) is 54.8 Å². The fourth-order valence-electron chi connectivity index (χ4n) is 2.61. The van der Waals surface area contributed by atoms with Gasteiger partial charge < -0.3 is 10.1 Å². The van der Waals surface area contributed by atoms with Crippen LogP contribution in [0.5, 0.6) is 0 Å². The van der Waals surface area contributed by atoms with Gasteiger partial charge in [-0.2, -0.15) is 0 Å². The predicted octanol–water partition coefficient (Wildman–Crippen LogP) is 3.64. The summed E-state index contributed by atoms with van der Waals surface area (Å²) < 4.78 is 30.9. The number of esters is 1. The number of hydrogen-bond acceptors (Lipinski definition) is 3. The van der Waals surface area contributed by atoms with E-state index in [1.165, 1.54) is 31.4 Å². The number of methoxy groups -OCH3 is 1. The summed E-state index contributed by atoms with van der Waals surface area (Å²) in [5, 5.41) is 3.02. The van der Waals surface area contributed by atoms with Crippen molar-refractivity contribution in [1.29, 1.82) is 0 Å². The molecule has 2 aromatic carbocycles. The monoisotopic (exact) mass is 333 g/mol. The van der Waals surface area contributed by atoms with Gasteiger partial charge in [-0.15, -0.1) is 0 Å². The third-order valence-corrected chi connectivity index (χ3v) is 3.89. The van der Waals surface area contributed by atoms with E-state index in [1.807, 2.05) is 0 Å². The van der Waals surface area contributed by atoms with Crippen LogP contribution in [0.25, 0.3) is 0 Å². The highest BCUT2D eigenvalue weighted by Crippen LogP contribution is 2.29. The van der Waals surface area contributed by atoms with Crippen molar-refractivity contribution in [1.82, 2.24) is 5.32 Å². The smallest absolute Gasteiger partial charge is 0.319 e. The molecule has 0 atom stereocenters. The first-order valence-corrected chi connectivity index (χ1v) is 7.88. The Morgan fingerprint density at radius 1 is 1.00 bits per heavy atom. The lowest BCUT2D eigenvalue weighted by molar-refractivity contribution is -0.139. The van der Waals surface area contributed by atoms with Crippen LogP contribution >= 0.6 is 0 Å². The Hall–Kier alpha value is -2.27. The van der Waals surface area contributed by atoms with E-state index >= 15 is 0 Å². The summed E-state index contributed by atoms with van der Waals surface area (Å²) in [6.45, 7) is 0.836. The molecule has 1 N–H and O–H groups in total. The first-order valence-electron chi connectivity index (χ1n) is 7.88. The largest absolute Gasteiger partial charge is 0.468 e. The molecule has 2 rings (SSSR count). The van der Waals surface area contributed by atoms with Gasteiger partial charge >= 0.3 is 5.97 Å². The van der Waals surface area contributed by atoms with Gasteiger partial charge in [-0.25, -0.2) is 8.78 Å². The molecule has 0 unspecified atom stereocenters. The SMILES string of the molecule is COC(=O)CNCCCC(c1ccc(F)cc1)c1ccc(F)cc1. The molecule has 0 amide bonds. The Labute approximate surface area is 140 Å². The first kappa shape index (κ1) is 18.1. The van der Waals surface area contributed by atoms with Gasteiger partial charge in [0, 0.05) is 5.92 Å². The summed E-state index contributed by atoms with van der Waals surface area (Å²) in [4.78, 5) is 11.1. The van der Waals surface area contributed by atoms with Gasteiger partial charge in [-0.3, -0.25) is 4.79 Å². The number of hydrogen-bond donors (Lipinski definition) is 1. The number of carbonyl (C=O) groups is 1. The van der Waals surface area contributed by atoms with Crippen LogP contribution in [0.3, 0.4) is 0 Å². The van der Waals surface area contributed by atoms with Gasteiger partial charge in [-0.1, -0.05) is 24.3 Å². The third kappa shape index (κ3) is 5.42. The maximum atomic E-state index is 13.2. The van der Waals surface area contributed by atoms with Gasteiger partial charge in [0.2, 0.25) is 0 Å². The second-order valence-electron chi connectivity index (χ2n) is 5.55. The van der Waals surface area contributed by atoms with Gasteiger partial charge in [0.1, 0.15) is 11.6 Å². The number of nitrogens with one attached hydrogen (secondary N) is 1. The highest BCUT2D eigenvalue weighted by molar-refractivity contribution is 5.71. The number of benzene rings is 2. The molecule has 128 valence electrons. The average Bonchev–Trinajstić information content (AvgIpc) is 2.60. The highest BCUT2D eigenvalue weighted by atomic mass is 19.1. The zero-order valence-electron chi connectivity index (χ0n) is 13.6. The van der Waals surface area contributed by atoms with Gasteiger partial charge in [0.25, 0.3) is 0 Å². The first-order chi connectivity index (χ1) is 11.6. The standard InChI is InChI=1S/C19H21F2NO2/c1-24-19(23)13-22-12-2-3-18(14-4-8-16(20)9-5-14)15-6-10-17(21)11-7-15/h4-11,18,22H,2-3,12-13H2,1H3. The van der Waals surface area contributed by atoms with Crippen LogP contribution in [0.1, 0.15) is 29.9 Å². The number of halogens is 2. The normalized spacial score (nSPS) is 10.8. The van der Waals surface area contributed by atoms with Crippen molar-refractivity contribution in [3.05, 3.63) is 71.3 Å². The van der Waals surface area contributed by atoms with E-state index in [2.05, 4.69) is 10.1 Å². The molecule has 0 aliphatic heterocycles. The molecule has 0 aliphatic carbocycles. The summed E-state index contributed by atoms with van der Waals surface area (Å²) in [5.74, 6) is -0.817. The van der Waals surface area contributed by atoms with Crippen molar-refractivity contribution in [3.8, 4) is 0 Å². The topological polar surface area (TPSA) is 38.3 Å². The van der Waals surface area contributed by atoms with Crippen LogP contribution in [-0.2, 0) is 9.53 Å². The summed E-state index contributed by atoms with van der Waals surface area (Å²) in [6.07, 6.45) is 1.61. The molecule has 0 aliphatic rings. The minimum atomic E-state index is -0.302. The lowest BCUT2D eigenvalue weighted by Gasteiger charge is -2.18. The van der Waals surface area contributed by atoms with Crippen molar-refractivity contribution >= 4 is 5.97 Å². The zero-order valence-corrected chi connectivity index (χ0v) is 13.6. The second kappa shape index (κ2) is 9.13. The van der Waals surface area contributed by atoms with E-state index in [1.54, 1.807) is 24.3 Å². The van der Waals surface area contributed by atoms with Crippen molar-refractivity contribution in [2.75, 3.05) is 20.2 Å². The van der Waals surface area contributed by atoms with E-state index in [0.29, 0.717) is 6.54 Å². The molecule has 0 aromatic heterocycles. The van der Waals surface area contributed by atoms with E-state index in [0.717, 1.165) is 24.0 Å². The van der Waals surface area contributed by atoms with Crippen LogP contribution in [0.15, 0.2) is 48.5 Å². The van der Waals surface area contributed by atoms with Crippen LogP contribution in [0.2, 0.25) is 0 Å². The summed E-state index contributed by atoms with van der Waals surface area (Å²) in [5.41, 5.74) is 1.96. The summed E-state index contributed by atoms with van der Waals surface area (Å²) in [7, 11) is 1.35. The Morgan fingerprint density at radius 2 is 1.50 bits per heavy atom. The molecule has 0 saturated heterocycles. The molecule has 5 heteroatoms. The number of ether oxygens (including phenoxy) is 1. The predicted molar refractivity (Wildman–Crippen MR) is 88.8 cm³/mol. The molecule has 0 saturated carbocycles. The molecular formula is C19H21F2NO2. The van der Waals surface area contributed by atoms with E-state index in [9.17, 15) is 13.6 Å². The second-order valence-corrected chi connectivity index (χ2v) is 5.55. The molecule has 24 heavy (non-hydrogen) atoms. The van der Waals surface area contributed by atoms with Crippen molar-refractivity contribution in [3.63, 3.8) is 0 Å². The van der Waals surface area contributed by atoms with E-state index < -0.39 is 0 Å². The maximum Gasteiger partial charge on any atom is 0.319 e. The van der Waals surface area contributed by atoms with E-state index in [-0.39, 0.29) is 30.1 Å². The Morgan fingerprint density at radius 3 is 1.96 bits per heavy atom. The van der Waals surface area contributed by atoms with Crippen LogP contribution in [0.4, 0.5) is 8.78 Å². The minimum Gasteiger partial charge on any atom is -0.468 e. The third-order valence-electron chi connectivity index (χ3n) is 3.89. The molecule has 0 bridgehead atoms. The fraction of sp³-hybridized carbons (Fsp3) is 0.316. The average molecular weight is 333 g/mol. The quantitative estimate of drug-likeness (QED) is 0.592. The molecule has 0 radical (unpaired) electrons. The van der Waals surface area contributed by atoms with Crippen LogP contribution in [-0.4, -0.2) is 26.2 Å². The van der Waals surface area contributed by atoms with Crippen molar-refractivity contribution in [2.24, 2.45) is 0 Å². The Bertz CT molecular complexity index is 596.